The van der Waals surface area contributed by atoms with E-state index in [1.807, 2.05) is 13.8 Å². The Kier molecular flexibility index (Phi) is 5.55. The molecule has 8 nitrogen and oxygen atoms in total. The number of hydrogen-bond acceptors (Lipinski definition) is 6. The average Bonchev–Trinajstić information content (AvgIpc) is 3.31. The van der Waals surface area contributed by atoms with Crippen molar-refractivity contribution in [3.05, 3.63) is 107 Å². The fraction of sp³-hybridized carbons (Fsp3) is 0.188. The molecule has 3 aromatic rings. The second-order valence-electron chi connectivity index (χ2n) is 11.0. The number of aromatic hydroxyl groups is 1. The van der Waals surface area contributed by atoms with Gasteiger partial charge in [0.2, 0.25) is 0 Å². The maximum absolute atomic E-state index is 14.9. The number of amides is 2. The molecule has 40 heavy (non-hydrogen) atoms. The number of aliphatic hydroxyl groups excluding tert-OH is 1. The van der Waals surface area contributed by atoms with Gasteiger partial charge >= 0.3 is 5.91 Å². The highest BCUT2D eigenvalue weighted by molar-refractivity contribution is 6.56. The van der Waals surface area contributed by atoms with Crippen LogP contribution in [0.5, 0.6) is 5.75 Å². The molecule has 200 valence electrons. The summed E-state index contributed by atoms with van der Waals surface area (Å²) in [5.41, 5.74) is -2.50. The Balaban J connectivity index is 1.77. The van der Waals surface area contributed by atoms with Gasteiger partial charge in [0.25, 0.3) is 11.7 Å². The van der Waals surface area contributed by atoms with Gasteiger partial charge in [0.1, 0.15) is 11.5 Å². The maximum Gasteiger partial charge on any atom is 0.300 e. The molecule has 6 rings (SSSR count). The molecule has 1 fully saturated rings. The van der Waals surface area contributed by atoms with Crippen molar-refractivity contribution in [3.63, 3.8) is 0 Å². The summed E-state index contributed by atoms with van der Waals surface area (Å²) in [6, 6.07) is 22.6. The summed E-state index contributed by atoms with van der Waals surface area (Å²) in [7, 11) is 0. The Hall–Kier alpha value is -4.98. The number of rotatable bonds is 3. The molecule has 2 amide bonds. The van der Waals surface area contributed by atoms with Gasteiger partial charge in [-0.25, -0.2) is 0 Å². The van der Waals surface area contributed by atoms with Gasteiger partial charge in [0, 0.05) is 23.4 Å². The van der Waals surface area contributed by atoms with Gasteiger partial charge in [-0.3, -0.25) is 29.0 Å². The molecule has 1 unspecified atom stereocenters. The molecule has 0 aromatic heterocycles. The molecule has 1 spiro atoms. The normalized spacial score (nSPS) is 23.4. The third kappa shape index (κ3) is 3.38. The van der Waals surface area contributed by atoms with Crippen molar-refractivity contribution in [2.24, 2.45) is 5.41 Å². The number of nitrogens with zero attached hydrogens (tertiary/aromatic N) is 2. The number of para-hydroxylation sites is 3. The van der Waals surface area contributed by atoms with E-state index in [0.29, 0.717) is 17.8 Å². The van der Waals surface area contributed by atoms with E-state index in [4.69, 9.17) is 0 Å². The van der Waals surface area contributed by atoms with Gasteiger partial charge in [-0.2, -0.15) is 0 Å². The molecule has 1 saturated heterocycles. The van der Waals surface area contributed by atoms with Crippen molar-refractivity contribution >= 4 is 40.5 Å². The maximum atomic E-state index is 14.9. The largest absolute Gasteiger partial charge is 0.507 e. The van der Waals surface area contributed by atoms with E-state index in [0.717, 1.165) is 4.90 Å². The van der Waals surface area contributed by atoms with Gasteiger partial charge < -0.3 is 10.2 Å². The van der Waals surface area contributed by atoms with Crippen LogP contribution in [-0.4, -0.2) is 39.1 Å². The summed E-state index contributed by atoms with van der Waals surface area (Å²) < 4.78 is 0. The standard InChI is InChI=1S/C32H26N2O6/c1-31(2)17-22-25(24(36)18-31)32(30(40)33(22)20-13-7-4-8-14-20)26(27(37)19-11-5-3-6-12-19)28(38)29(39)34(32)21-15-9-10-16-23(21)35/h3-16,35,37H,17-18H2,1-2H3/b27-26-. The number of allylic oxidation sites excluding steroid dienone is 1. The smallest absolute Gasteiger partial charge is 0.300 e. The van der Waals surface area contributed by atoms with Crippen LogP contribution in [0.3, 0.4) is 0 Å². The van der Waals surface area contributed by atoms with Crippen molar-refractivity contribution in [1.82, 2.24) is 0 Å². The summed E-state index contributed by atoms with van der Waals surface area (Å²) in [5.74, 6) is -4.37. The number of Topliss-reactive ketones (excluding diaryl/α,β-unsaturated/α-hetero) is 2. The second-order valence-corrected chi connectivity index (χ2v) is 11.0. The number of benzene rings is 3. The average molecular weight is 535 g/mol. The van der Waals surface area contributed by atoms with Gasteiger partial charge in [0.15, 0.2) is 11.3 Å². The lowest BCUT2D eigenvalue weighted by molar-refractivity contribution is -0.132. The molecule has 1 aliphatic carbocycles. The lowest BCUT2D eigenvalue weighted by Crippen LogP contribution is -2.56. The highest BCUT2D eigenvalue weighted by Crippen LogP contribution is 2.57. The van der Waals surface area contributed by atoms with Crippen LogP contribution in [0.2, 0.25) is 0 Å². The van der Waals surface area contributed by atoms with Gasteiger partial charge in [-0.1, -0.05) is 74.5 Å². The molecule has 3 aromatic carbocycles. The van der Waals surface area contributed by atoms with Crippen molar-refractivity contribution in [2.75, 3.05) is 9.80 Å². The van der Waals surface area contributed by atoms with Crippen LogP contribution in [0.15, 0.2) is 102 Å². The monoisotopic (exact) mass is 534 g/mol. The summed E-state index contributed by atoms with van der Waals surface area (Å²) in [4.78, 5) is 59.1. The van der Waals surface area contributed by atoms with E-state index >= 15 is 0 Å². The Labute approximate surface area is 230 Å². The van der Waals surface area contributed by atoms with Crippen LogP contribution in [0, 0.1) is 5.41 Å². The highest BCUT2D eigenvalue weighted by atomic mass is 16.3. The zero-order chi connectivity index (χ0) is 28.4. The number of ketones is 2. The third-order valence-corrected chi connectivity index (χ3v) is 7.74. The van der Waals surface area contributed by atoms with Crippen LogP contribution in [-0.2, 0) is 19.2 Å². The van der Waals surface area contributed by atoms with Gasteiger partial charge in [-0.05, 0) is 36.1 Å². The van der Waals surface area contributed by atoms with Crippen LogP contribution in [0.1, 0.15) is 32.3 Å². The number of aliphatic hydroxyl groups is 1. The molecule has 2 aliphatic heterocycles. The lowest BCUT2D eigenvalue weighted by atomic mass is 9.70. The number of fused-ring (bicyclic) bond motifs is 1. The number of phenols is 1. The first-order valence-electron chi connectivity index (χ1n) is 12.9. The molecule has 8 heteroatoms. The number of carbonyl (C=O) groups excluding carboxylic acids is 4. The van der Waals surface area contributed by atoms with Crippen LogP contribution in [0.25, 0.3) is 5.76 Å². The van der Waals surface area contributed by atoms with Crippen LogP contribution < -0.4 is 9.80 Å². The number of anilines is 2. The zero-order valence-corrected chi connectivity index (χ0v) is 21.9. The minimum absolute atomic E-state index is 0.0411. The van der Waals surface area contributed by atoms with Crippen molar-refractivity contribution in [3.8, 4) is 5.75 Å². The first-order valence-corrected chi connectivity index (χ1v) is 12.9. The predicted molar refractivity (Wildman–Crippen MR) is 148 cm³/mol. The van der Waals surface area contributed by atoms with Crippen molar-refractivity contribution in [2.45, 2.75) is 32.2 Å². The summed E-state index contributed by atoms with van der Waals surface area (Å²) >= 11 is 0. The number of hydrogen-bond donors (Lipinski definition) is 2. The molecule has 3 aliphatic rings. The minimum atomic E-state index is -2.33. The molecule has 2 heterocycles. The van der Waals surface area contributed by atoms with Crippen LogP contribution >= 0.6 is 0 Å². The molecule has 2 N–H and O–H groups in total. The quantitative estimate of drug-likeness (QED) is 0.286. The predicted octanol–water partition coefficient (Wildman–Crippen LogP) is 4.71. The third-order valence-electron chi connectivity index (χ3n) is 7.74. The second kappa shape index (κ2) is 8.77. The van der Waals surface area contributed by atoms with E-state index in [9.17, 15) is 29.4 Å². The van der Waals surface area contributed by atoms with E-state index in [1.54, 1.807) is 66.7 Å². The van der Waals surface area contributed by atoms with Crippen molar-refractivity contribution in [1.29, 1.82) is 0 Å². The Morgan fingerprint density at radius 2 is 1.40 bits per heavy atom. The zero-order valence-electron chi connectivity index (χ0n) is 21.9. The molecule has 0 saturated carbocycles. The molecular formula is C32H26N2O6. The molecule has 0 radical (unpaired) electrons. The Bertz CT molecular complexity index is 1670. The molecule has 0 bridgehead atoms. The highest BCUT2D eigenvalue weighted by Gasteiger charge is 2.71. The van der Waals surface area contributed by atoms with E-state index in [2.05, 4.69) is 0 Å². The molecule has 1 atom stereocenters. The fourth-order valence-corrected chi connectivity index (χ4v) is 6.17. The SMILES string of the molecule is CC1(C)CC(=O)C2=C(C1)N(c1ccccc1)C(=O)C21/C(=C(\O)c2ccccc2)C(=O)C(=O)N1c1ccccc1O. The Morgan fingerprint density at radius 1 is 0.800 bits per heavy atom. The van der Waals surface area contributed by atoms with E-state index < -0.39 is 45.7 Å². The Morgan fingerprint density at radius 3 is 2.05 bits per heavy atom. The summed E-state index contributed by atoms with van der Waals surface area (Å²) in [6.45, 7) is 3.83. The lowest BCUT2D eigenvalue weighted by Gasteiger charge is -2.37. The van der Waals surface area contributed by atoms with Gasteiger partial charge in [0.05, 0.1) is 16.8 Å². The first kappa shape index (κ1) is 25.3. The van der Waals surface area contributed by atoms with E-state index in [1.165, 1.54) is 23.1 Å². The topological polar surface area (TPSA) is 115 Å². The van der Waals surface area contributed by atoms with Crippen LogP contribution in [0.4, 0.5) is 11.4 Å². The van der Waals surface area contributed by atoms with Crippen molar-refractivity contribution < 1.29 is 29.4 Å². The number of carbonyl (C=O) groups is 4. The van der Waals surface area contributed by atoms with E-state index in [-0.39, 0.29) is 29.0 Å². The van der Waals surface area contributed by atoms with Gasteiger partial charge in [-0.15, -0.1) is 0 Å². The summed E-state index contributed by atoms with van der Waals surface area (Å²) in [6.07, 6.45) is 0.354. The first-order chi connectivity index (χ1) is 19.1. The number of phenolic OH excluding ortho intramolecular Hbond substituents is 1. The minimum Gasteiger partial charge on any atom is -0.507 e. The molecular weight excluding hydrogens is 508 g/mol. The summed E-state index contributed by atoms with van der Waals surface area (Å²) in [5, 5.41) is 22.5. The fourth-order valence-electron chi connectivity index (χ4n) is 6.17.